The zero-order valence-corrected chi connectivity index (χ0v) is 11.8. The van der Waals surface area contributed by atoms with Crippen LogP contribution in [-0.4, -0.2) is 17.4 Å². The molecule has 1 fully saturated rings. The van der Waals surface area contributed by atoms with E-state index in [9.17, 15) is 4.79 Å². The number of carbonyl (C=O) groups is 1. The highest BCUT2D eigenvalue weighted by Gasteiger charge is 2.17. The number of aromatic nitrogens is 1. The molecule has 0 atom stereocenters. The fourth-order valence-electron chi connectivity index (χ4n) is 2.27. The molecule has 1 aliphatic carbocycles. The summed E-state index contributed by atoms with van der Waals surface area (Å²) in [6, 6.07) is 3.48. The fraction of sp³-hybridized carbons (Fsp3) is 0.600. The first kappa shape index (κ1) is 13.8. The molecule has 104 valence electrons. The minimum Gasteiger partial charge on any atom is -0.384 e. The Bertz CT molecular complexity index is 453. The van der Waals surface area contributed by atoms with Crippen molar-refractivity contribution in [3.63, 3.8) is 0 Å². The average Bonchev–Trinajstić information content (AvgIpc) is 2.31. The van der Waals surface area contributed by atoms with Gasteiger partial charge in [0.25, 0.3) is 5.91 Å². The van der Waals surface area contributed by atoms with Crippen LogP contribution in [0.1, 0.15) is 61.5 Å². The van der Waals surface area contributed by atoms with Crippen LogP contribution in [0.4, 0.5) is 5.82 Å². The van der Waals surface area contributed by atoms with Gasteiger partial charge in [-0.15, -0.1) is 0 Å². The topological polar surface area (TPSA) is 68.0 Å². The van der Waals surface area contributed by atoms with E-state index in [-0.39, 0.29) is 11.8 Å². The van der Waals surface area contributed by atoms with E-state index in [2.05, 4.69) is 10.3 Å². The summed E-state index contributed by atoms with van der Waals surface area (Å²) in [5.41, 5.74) is 7.23. The van der Waals surface area contributed by atoms with Crippen LogP contribution in [0.25, 0.3) is 0 Å². The third kappa shape index (κ3) is 3.69. The van der Waals surface area contributed by atoms with Gasteiger partial charge in [0, 0.05) is 17.8 Å². The SMILES string of the molecule is CC(C)c1cc(C(=O)NCCC2CCC2)cc(N)n1. The molecule has 0 aliphatic heterocycles. The van der Waals surface area contributed by atoms with E-state index in [1.54, 1.807) is 6.07 Å². The number of pyridine rings is 1. The van der Waals surface area contributed by atoms with E-state index in [0.717, 1.165) is 24.6 Å². The summed E-state index contributed by atoms with van der Waals surface area (Å²) in [5.74, 6) is 1.45. The molecule has 2 rings (SSSR count). The standard InChI is InChI=1S/C15H23N3O/c1-10(2)13-8-12(9-14(16)18-13)15(19)17-7-6-11-4-3-5-11/h8-11H,3-7H2,1-2H3,(H2,16,18)(H,17,19). The Labute approximate surface area is 114 Å². The van der Waals surface area contributed by atoms with E-state index < -0.39 is 0 Å². The molecule has 0 saturated heterocycles. The number of nitrogens with one attached hydrogen (secondary N) is 1. The predicted molar refractivity (Wildman–Crippen MR) is 77.0 cm³/mol. The van der Waals surface area contributed by atoms with Gasteiger partial charge in [-0.25, -0.2) is 4.98 Å². The number of hydrogen-bond donors (Lipinski definition) is 2. The van der Waals surface area contributed by atoms with Crippen molar-refractivity contribution in [3.8, 4) is 0 Å². The maximum atomic E-state index is 12.1. The van der Waals surface area contributed by atoms with Crippen molar-refractivity contribution in [3.05, 3.63) is 23.4 Å². The summed E-state index contributed by atoms with van der Waals surface area (Å²) in [7, 11) is 0. The van der Waals surface area contributed by atoms with Gasteiger partial charge in [-0.2, -0.15) is 0 Å². The molecular weight excluding hydrogens is 238 g/mol. The summed E-state index contributed by atoms with van der Waals surface area (Å²) >= 11 is 0. The molecule has 1 aromatic rings. The van der Waals surface area contributed by atoms with E-state index >= 15 is 0 Å². The average molecular weight is 261 g/mol. The largest absolute Gasteiger partial charge is 0.384 e. The molecule has 1 aliphatic rings. The Morgan fingerprint density at radius 2 is 2.21 bits per heavy atom. The molecule has 1 aromatic heterocycles. The summed E-state index contributed by atoms with van der Waals surface area (Å²) in [6.07, 6.45) is 5.06. The molecule has 4 nitrogen and oxygen atoms in total. The third-order valence-electron chi connectivity index (χ3n) is 3.78. The van der Waals surface area contributed by atoms with Crippen LogP contribution in [-0.2, 0) is 0 Å². The number of carbonyl (C=O) groups excluding carboxylic acids is 1. The highest BCUT2D eigenvalue weighted by molar-refractivity contribution is 5.94. The van der Waals surface area contributed by atoms with Crippen LogP contribution in [0, 0.1) is 5.92 Å². The van der Waals surface area contributed by atoms with Crippen LogP contribution in [0.5, 0.6) is 0 Å². The predicted octanol–water partition coefficient (Wildman–Crippen LogP) is 2.71. The molecule has 0 spiro atoms. The Morgan fingerprint density at radius 1 is 1.47 bits per heavy atom. The number of hydrogen-bond acceptors (Lipinski definition) is 3. The molecule has 0 bridgehead atoms. The maximum Gasteiger partial charge on any atom is 0.251 e. The van der Waals surface area contributed by atoms with Crippen molar-refractivity contribution in [2.24, 2.45) is 5.92 Å². The smallest absolute Gasteiger partial charge is 0.251 e. The van der Waals surface area contributed by atoms with Crippen LogP contribution < -0.4 is 11.1 Å². The van der Waals surface area contributed by atoms with Crippen molar-refractivity contribution in [1.29, 1.82) is 0 Å². The second-order valence-corrected chi connectivity index (χ2v) is 5.70. The molecule has 0 unspecified atom stereocenters. The van der Waals surface area contributed by atoms with E-state index in [0.29, 0.717) is 11.4 Å². The molecule has 0 aromatic carbocycles. The number of anilines is 1. The summed E-state index contributed by atoms with van der Waals surface area (Å²) in [4.78, 5) is 16.3. The lowest BCUT2D eigenvalue weighted by Crippen LogP contribution is -2.27. The highest BCUT2D eigenvalue weighted by atomic mass is 16.1. The first-order valence-corrected chi connectivity index (χ1v) is 7.12. The van der Waals surface area contributed by atoms with Gasteiger partial charge in [-0.3, -0.25) is 4.79 Å². The fourth-order valence-corrected chi connectivity index (χ4v) is 2.27. The molecule has 1 saturated carbocycles. The summed E-state index contributed by atoms with van der Waals surface area (Å²) in [6.45, 7) is 4.84. The Kier molecular flexibility index (Phi) is 4.40. The van der Waals surface area contributed by atoms with Crippen LogP contribution in [0.2, 0.25) is 0 Å². The van der Waals surface area contributed by atoms with Gasteiger partial charge in [-0.05, 0) is 30.4 Å². The molecule has 4 heteroatoms. The number of nitrogens with zero attached hydrogens (tertiary/aromatic N) is 1. The third-order valence-corrected chi connectivity index (χ3v) is 3.78. The van der Waals surface area contributed by atoms with Gasteiger partial charge in [-0.1, -0.05) is 33.1 Å². The monoisotopic (exact) mass is 261 g/mol. The second kappa shape index (κ2) is 6.04. The van der Waals surface area contributed by atoms with Crippen molar-refractivity contribution in [1.82, 2.24) is 10.3 Å². The second-order valence-electron chi connectivity index (χ2n) is 5.70. The van der Waals surface area contributed by atoms with Gasteiger partial charge >= 0.3 is 0 Å². The normalized spacial score (nSPS) is 15.3. The number of nitrogen functional groups attached to an aromatic ring is 1. The van der Waals surface area contributed by atoms with Crippen molar-refractivity contribution < 1.29 is 4.79 Å². The summed E-state index contributed by atoms with van der Waals surface area (Å²) in [5, 5.41) is 2.97. The van der Waals surface area contributed by atoms with Crippen molar-refractivity contribution in [2.45, 2.75) is 45.4 Å². The highest BCUT2D eigenvalue weighted by Crippen LogP contribution is 2.28. The lowest BCUT2D eigenvalue weighted by atomic mass is 9.83. The first-order chi connectivity index (χ1) is 9.06. The zero-order chi connectivity index (χ0) is 13.8. The lowest BCUT2D eigenvalue weighted by molar-refractivity contribution is 0.0949. The van der Waals surface area contributed by atoms with Crippen LogP contribution >= 0.6 is 0 Å². The molecule has 0 radical (unpaired) electrons. The lowest BCUT2D eigenvalue weighted by Gasteiger charge is -2.25. The van der Waals surface area contributed by atoms with Crippen molar-refractivity contribution >= 4 is 11.7 Å². The van der Waals surface area contributed by atoms with E-state index in [4.69, 9.17) is 5.73 Å². The molecular formula is C15H23N3O. The number of amides is 1. The zero-order valence-electron chi connectivity index (χ0n) is 11.8. The van der Waals surface area contributed by atoms with Gasteiger partial charge in [0.05, 0.1) is 0 Å². The van der Waals surface area contributed by atoms with Crippen LogP contribution in [0.3, 0.4) is 0 Å². The number of rotatable bonds is 5. The molecule has 19 heavy (non-hydrogen) atoms. The van der Waals surface area contributed by atoms with E-state index in [1.165, 1.54) is 19.3 Å². The molecule has 1 heterocycles. The maximum absolute atomic E-state index is 12.1. The van der Waals surface area contributed by atoms with E-state index in [1.807, 2.05) is 19.9 Å². The minimum atomic E-state index is -0.0460. The van der Waals surface area contributed by atoms with Crippen LogP contribution in [0.15, 0.2) is 12.1 Å². The van der Waals surface area contributed by atoms with Gasteiger partial charge in [0.2, 0.25) is 0 Å². The Hall–Kier alpha value is -1.58. The minimum absolute atomic E-state index is 0.0460. The summed E-state index contributed by atoms with van der Waals surface area (Å²) < 4.78 is 0. The van der Waals surface area contributed by atoms with Gasteiger partial charge < -0.3 is 11.1 Å². The van der Waals surface area contributed by atoms with Crippen molar-refractivity contribution in [2.75, 3.05) is 12.3 Å². The van der Waals surface area contributed by atoms with Gasteiger partial charge in [0.1, 0.15) is 5.82 Å². The van der Waals surface area contributed by atoms with Gasteiger partial charge in [0.15, 0.2) is 0 Å². The molecule has 1 amide bonds. The quantitative estimate of drug-likeness (QED) is 0.856. The Morgan fingerprint density at radius 3 is 2.79 bits per heavy atom. The molecule has 3 N–H and O–H groups in total. The number of nitrogens with two attached hydrogens (primary N) is 1. The Balaban J connectivity index is 1.93. The first-order valence-electron chi connectivity index (χ1n) is 7.12.